The number of pyridine rings is 1. The first-order valence-corrected chi connectivity index (χ1v) is 19.0. The molecule has 0 bridgehead atoms. The predicted octanol–water partition coefficient (Wildman–Crippen LogP) is 4.28. The number of fused-ring (bicyclic) bond motifs is 2. The number of nitrogens with zero attached hydrogens (tertiary/aromatic N) is 2. The Morgan fingerprint density at radius 3 is 2.24 bits per heavy atom. The van der Waals surface area contributed by atoms with E-state index in [-0.39, 0.29) is 48.9 Å². The zero-order chi connectivity index (χ0) is 36.3. The summed E-state index contributed by atoms with van der Waals surface area (Å²) in [5.74, 6) is -3.02. The van der Waals surface area contributed by atoms with Crippen molar-refractivity contribution in [3.63, 3.8) is 0 Å². The molecule has 3 heterocycles. The Morgan fingerprint density at radius 2 is 1.66 bits per heavy atom. The van der Waals surface area contributed by atoms with Crippen molar-refractivity contribution in [1.82, 2.24) is 25.5 Å². The number of carboxylic acid groups (broad SMARTS) is 1. The maximum atomic E-state index is 13.4. The Balaban J connectivity index is 1.32. The molecule has 2 aromatic heterocycles. The molecule has 1 saturated carbocycles. The van der Waals surface area contributed by atoms with Crippen molar-refractivity contribution in [3.05, 3.63) is 49.3 Å². The number of unbranched alkanes of at least 4 members (excludes halogenated alkanes) is 10. The summed E-state index contributed by atoms with van der Waals surface area (Å²) in [5, 5.41) is 19.7. The van der Waals surface area contributed by atoms with Crippen LogP contribution in [0.15, 0.2) is 16.2 Å². The minimum Gasteiger partial charge on any atom is -0.476 e. The fraction of sp³-hybridized carbons (Fsp3) is 0.639. The standard InChI is InChI=1S/C36H52N6O7S/c1-3-4-5-6-7-8-9-10-11-12-13-14-29(44)39-25(20-28(37)43)33(46)38-23(2)15-16-27-32-24(36(17-18-36)41-34(32)47)19-31(45)42(27)21-30-40-26(22-50-30)35(48)49/h19,22-23,25H,3-18,20-21H2,1-2H3,(H2,37,43)(H,38,46)(H,39,44)(H,41,47)(H,48,49)/t23-,25+/m0/s1. The third kappa shape index (κ3) is 10.7. The van der Waals surface area contributed by atoms with Crippen LogP contribution in [0.5, 0.6) is 0 Å². The van der Waals surface area contributed by atoms with Crippen molar-refractivity contribution in [2.45, 2.75) is 147 Å². The number of aromatic carboxylic acids is 1. The van der Waals surface area contributed by atoms with E-state index in [9.17, 15) is 33.9 Å². The van der Waals surface area contributed by atoms with E-state index >= 15 is 0 Å². The SMILES string of the molecule is CCCCCCCCCCCCCC(=O)N[C@H](CC(N)=O)C(=O)N[C@@H](C)CCc1c2c(cc(=O)n1Cc1nc(C(=O)O)cs1)C1(CC1)NC2=O. The number of amides is 4. The second-order valence-corrected chi connectivity index (χ2v) is 14.7. The van der Waals surface area contributed by atoms with Gasteiger partial charge in [0.25, 0.3) is 11.5 Å². The second kappa shape index (κ2) is 18.2. The molecule has 50 heavy (non-hydrogen) atoms. The molecular formula is C36H52N6O7S. The van der Waals surface area contributed by atoms with E-state index in [4.69, 9.17) is 5.73 Å². The average molecular weight is 713 g/mol. The van der Waals surface area contributed by atoms with Crippen LogP contribution in [0.4, 0.5) is 0 Å². The van der Waals surface area contributed by atoms with Gasteiger partial charge in [-0.2, -0.15) is 0 Å². The number of hydrogen-bond donors (Lipinski definition) is 5. The lowest BCUT2D eigenvalue weighted by Crippen LogP contribution is -2.50. The summed E-state index contributed by atoms with van der Waals surface area (Å²) >= 11 is 1.11. The van der Waals surface area contributed by atoms with Crippen molar-refractivity contribution in [3.8, 4) is 0 Å². The molecule has 0 saturated heterocycles. The van der Waals surface area contributed by atoms with Crippen molar-refractivity contribution in [2.24, 2.45) is 5.73 Å². The van der Waals surface area contributed by atoms with Crippen LogP contribution in [-0.2, 0) is 32.9 Å². The van der Waals surface area contributed by atoms with E-state index in [0.29, 0.717) is 34.7 Å². The normalized spacial score (nSPS) is 15.3. The highest BCUT2D eigenvalue weighted by Gasteiger charge is 2.53. The maximum absolute atomic E-state index is 13.4. The molecule has 2 aromatic rings. The van der Waals surface area contributed by atoms with Crippen LogP contribution in [0.25, 0.3) is 0 Å². The number of carbonyl (C=O) groups excluding carboxylic acids is 4. The molecule has 1 aliphatic carbocycles. The average Bonchev–Trinajstić information content (AvgIpc) is 3.58. The quantitative estimate of drug-likeness (QED) is 0.105. The van der Waals surface area contributed by atoms with Crippen molar-refractivity contribution in [2.75, 3.05) is 0 Å². The Kier molecular flexibility index (Phi) is 14.1. The summed E-state index contributed by atoms with van der Waals surface area (Å²) < 4.78 is 1.45. The molecule has 1 fully saturated rings. The largest absolute Gasteiger partial charge is 0.476 e. The fourth-order valence-electron chi connectivity index (χ4n) is 6.64. The van der Waals surface area contributed by atoms with Crippen LogP contribution in [0, 0.1) is 0 Å². The van der Waals surface area contributed by atoms with Gasteiger partial charge in [0.15, 0.2) is 5.69 Å². The molecular weight excluding hydrogens is 660 g/mol. The minimum atomic E-state index is -1.17. The molecule has 6 N–H and O–H groups in total. The van der Waals surface area contributed by atoms with Crippen LogP contribution < -0.4 is 27.2 Å². The Hall–Kier alpha value is -4.07. The lowest BCUT2D eigenvalue weighted by molar-refractivity contribution is -0.131. The number of rotatable bonds is 23. The number of carbonyl (C=O) groups is 5. The van der Waals surface area contributed by atoms with Gasteiger partial charge < -0.3 is 31.4 Å². The van der Waals surface area contributed by atoms with Gasteiger partial charge >= 0.3 is 5.97 Å². The molecule has 14 heteroatoms. The molecule has 2 atom stereocenters. The molecule has 2 aliphatic rings. The topological polar surface area (TPSA) is 203 Å². The molecule has 4 amide bonds. The summed E-state index contributed by atoms with van der Waals surface area (Å²) in [6.07, 6.45) is 14.7. The maximum Gasteiger partial charge on any atom is 0.355 e. The van der Waals surface area contributed by atoms with Gasteiger partial charge in [0.05, 0.1) is 24.1 Å². The first kappa shape index (κ1) is 38.7. The summed E-state index contributed by atoms with van der Waals surface area (Å²) in [6.45, 7) is 3.97. The van der Waals surface area contributed by atoms with E-state index in [1.807, 2.05) is 0 Å². The molecule has 0 aromatic carbocycles. The monoisotopic (exact) mass is 712 g/mol. The van der Waals surface area contributed by atoms with E-state index < -0.39 is 35.4 Å². The Bertz CT molecular complexity index is 1600. The van der Waals surface area contributed by atoms with Crippen LogP contribution in [0.1, 0.15) is 154 Å². The van der Waals surface area contributed by atoms with Gasteiger partial charge in [-0.1, -0.05) is 71.1 Å². The van der Waals surface area contributed by atoms with Gasteiger partial charge in [-0.3, -0.25) is 24.0 Å². The van der Waals surface area contributed by atoms with E-state index in [1.165, 1.54) is 61.0 Å². The van der Waals surface area contributed by atoms with Gasteiger partial charge in [-0.05, 0) is 44.6 Å². The molecule has 1 spiro atoms. The Morgan fingerprint density at radius 1 is 1.02 bits per heavy atom. The third-order valence-corrected chi connectivity index (χ3v) is 10.4. The molecule has 13 nitrogen and oxygen atoms in total. The van der Waals surface area contributed by atoms with Crippen LogP contribution in [-0.4, -0.2) is 56.3 Å². The lowest BCUT2D eigenvalue weighted by atomic mass is 9.98. The first-order valence-electron chi connectivity index (χ1n) is 18.1. The van der Waals surface area contributed by atoms with Crippen molar-refractivity contribution in [1.29, 1.82) is 0 Å². The summed E-state index contributed by atoms with van der Waals surface area (Å²) in [7, 11) is 0. The van der Waals surface area contributed by atoms with Gasteiger partial charge in [0.1, 0.15) is 11.0 Å². The van der Waals surface area contributed by atoms with E-state index in [1.54, 1.807) is 6.92 Å². The highest BCUT2D eigenvalue weighted by molar-refractivity contribution is 7.09. The highest BCUT2D eigenvalue weighted by atomic mass is 32.1. The number of hydrogen-bond acceptors (Lipinski definition) is 8. The van der Waals surface area contributed by atoms with Crippen LogP contribution >= 0.6 is 11.3 Å². The number of aromatic nitrogens is 2. The first-order chi connectivity index (χ1) is 23.9. The van der Waals surface area contributed by atoms with Crippen molar-refractivity contribution >= 4 is 40.9 Å². The molecule has 0 unspecified atom stereocenters. The Labute approximate surface area is 297 Å². The second-order valence-electron chi connectivity index (χ2n) is 13.8. The summed E-state index contributed by atoms with van der Waals surface area (Å²) in [4.78, 5) is 79.8. The van der Waals surface area contributed by atoms with Gasteiger partial charge in [-0.15, -0.1) is 11.3 Å². The predicted molar refractivity (Wildman–Crippen MR) is 190 cm³/mol. The lowest BCUT2D eigenvalue weighted by Gasteiger charge is -2.22. The van der Waals surface area contributed by atoms with Gasteiger partial charge in [0.2, 0.25) is 17.7 Å². The van der Waals surface area contributed by atoms with Crippen molar-refractivity contribution < 1.29 is 29.1 Å². The fourth-order valence-corrected chi connectivity index (χ4v) is 7.40. The molecule has 274 valence electrons. The van der Waals surface area contributed by atoms with Crippen LogP contribution in [0.2, 0.25) is 0 Å². The summed E-state index contributed by atoms with van der Waals surface area (Å²) in [5.41, 5.74) is 6.02. The van der Waals surface area contributed by atoms with E-state index in [2.05, 4.69) is 27.9 Å². The zero-order valence-electron chi connectivity index (χ0n) is 29.3. The molecule has 4 rings (SSSR count). The number of carboxylic acids is 1. The smallest absolute Gasteiger partial charge is 0.355 e. The zero-order valence-corrected chi connectivity index (χ0v) is 30.1. The third-order valence-electron chi connectivity index (χ3n) is 9.59. The number of primary amides is 1. The van der Waals surface area contributed by atoms with Crippen LogP contribution in [0.3, 0.4) is 0 Å². The van der Waals surface area contributed by atoms with Gasteiger partial charge in [-0.25, -0.2) is 9.78 Å². The van der Waals surface area contributed by atoms with Gasteiger partial charge in [0, 0.05) is 29.6 Å². The van der Waals surface area contributed by atoms with E-state index in [0.717, 1.165) is 43.4 Å². The minimum absolute atomic E-state index is 0.00768. The number of nitrogens with one attached hydrogen (secondary N) is 3. The number of nitrogens with two attached hydrogens (primary N) is 1. The highest BCUT2D eigenvalue weighted by Crippen LogP contribution is 2.50. The number of thiazole rings is 1. The summed E-state index contributed by atoms with van der Waals surface area (Å²) in [6, 6.07) is -0.101. The molecule has 1 aliphatic heterocycles. The molecule has 0 radical (unpaired) electrons.